The summed E-state index contributed by atoms with van der Waals surface area (Å²) < 4.78 is 34.8. The zero-order valence-corrected chi connectivity index (χ0v) is 18.7. The molecule has 9 nitrogen and oxygen atoms in total. The van der Waals surface area contributed by atoms with Crippen molar-refractivity contribution < 1.29 is 32.7 Å². The zero-order valence-electron chi connectivity index (χ0n) is 18.7. The summed E-state index contributed by atoms with van der Waals surface area (Å²) in [6, 6.07) is -3.56. The van der Waals surface area contributed by atoms with Crippen LogP contribution < -0.4 is 16.4 Å². The molecule has 2 bridgehead atoms. The summed E-state index contributed by atoms with van der Waals surface area (Å²) in [5, 5.41) is 5.15. The maximum absolute atomic E-state index is 14.7. The summed E-state index contributed by atoms with van der Waals surface area (Å²) in [6.45, 7) is 5.48. The number of piperidine rings is 3. The zero-order chi connectivity index (χ0) is 23.8. The second-order valence-corrected chi connectivity index (χ2v) is 9.96. The van der Waals surface area contributed by atoms with Crippen LogP contribution in [-0.4, -0.2) is 64.9 Å². The molecule has 5 atom stereocenters. The van der Waals surface area contributed by atoms with Crippen LogP contribution in [0.2, 0.25) is 0 Å². The highest BCUT2D eigenvalue weighted by Crippen LogP contribution is 2.49. The molecule has 4 aliphatic rings. The van der Waals surface area contributed by atoms with Crippen molar-refractivity contribution >= 4 is 23.8 Å². The van der Waals surface area contributed by atoms with E-state index in [1.807, 2.05) is 0 Å². The van der Waals surface area contributed by atoms with Crippen LogP contribution in [0.3, 0.4) is 0 Å². The maximum atomic E-state index is 14.7. The Balaban J connectivity index is 1.81. The standard InChI is InChI=1S/C21H32F2N4O5/c1-20(2,3)32-19(31)27-12-6-7-13(21(22,23)10-12)15(27)18(30)26-14(16(24)28)9-11-5-4-8-25-17(11)29/h11-15H,4-10H2,1-3H3,(H2,24,28)(H,25,29)(H,26,30)/t11-,12-,13-,14-,15+/m0/s1. The van der Waals surface area contributed by atoms with Gasteiger partial charge in [-0.3, -0.25) is 19.3 Å². The van der Waals surface area contributed by atoms with Gasteiger partial charge in [-0.25, -0.2) is 13.6 Å². The summed E-state index contributed by atoms with van der Waals surface area (Å²) in [4.78, 5) is 51.2. The number of ether oxygens (including phenoxy) is 1. The predicted octanol–water partition coefficient (Wildman–Crippen LogP) is 1.30. The Morgan fingerprint density at radius 2 is 1.97 bits per heavy atom. The molecule has 0 aromatic heterocycles. The van der Waals surface area contributed by atoms with Crippen LogP contribution in [-0.2, 0) is 19.1 Å². The first-order valence-electron chi connectivity index (χ1n) is 11.1. The van der Waals surface area contributed by atoms with Crippen molar-refractivity contribution in [2.75, 3.05) is 6.54 Å². The fourth-order valence-electron chi connectivity index (χ4n) is 4.93. The van der Waals surface area contributed by atoms with Crippen LogP contribution in [0.15, 0.2) is 0 Å². The molecule has 1 saturated carbocycles. The molecular formula is C21H32F2N4O5. The molecule has 3 heterocycles. The third-order valence-corrected chi connectivity index (χ3v) is 6.39. The molecule has 32 heavy (non-hydrogen) atoms. The average molecular weight is 459 g/mol. The first-order chi connectivity index (χ1) is 14.8. The summed E-state index contributed by atoms with van der Waals surface area (Å²) >= 11 is 0. The molecular weight excluding hydrogens is 426 g/mol. The minimum Gasteiger partial charge on any atom is -0.444 e. The number of halogens is 2. The van der Waals surface area contributed by atoms with Gasteiger partial charge in [0.25, 0.3) is 5.92 Å². The van der Waals surface area contributed by atoms with E-state index in [1.165, 1.54) is 0 Å². The van der Waals surface area contributed by atoms with Crippen LogP contribution in [0.25, 0.3) is 0 Å². The van der Waals surface area contributed by atoms with E-state index >= 15 is 0 Å². The van der Waals surface area contributed by atoms with E-state index < -0.39 is 65.8 Å². The Morgan fingerprint density at radius 1 is 1.28 bits per heavy atom. The van der Waals surface area contributed by atoms with Gasteiger partial charge in [-0.1, -0.05) is 0 Å². The number of nitrogens with one attached hydrogen (secondary N) is 2. The van der Waals surface area contributed by atoms with Gasteiger partial charge >= 0.3 is 6.09 Å². The van der Waals surface area contributed by atoms with Gasteiger partial charge in [-0.2, -0.15) is 0 Å². The monoisotopic (exact) mass is 458 g/mol. The number of nitrogens with zero attached hydrogens (tertiary/aromatic N) is 1. The lowest BCUT2D eigenvalue weighted by molar-refractivity contribution is -0.184. The molecule has 1 aliphatic carbocycles. The van der Waals surface area contributed by atoms with Crippen LogP contribution in [0.1, 0.15) is 59.3 Å². The number of nitrogens with two attached hydrogens (primary N) is 1. The molecule has 11 heteroatoms. The lowest BCUT2D eigenvalue weighted by Crippen LogP contribution is -2.69. The van der Waals surface area contributed by atoms with Gasteiger partial charge in [0.15, 0.2) is 0 Å². The number of hydrogen-bond donors (Lipinski definition) is 3. The Bertz CT molecular complexity index is 785. The molecule has 0 aromatic carbocycles. The summed E-state index contributed by atoms with van der Waals surface area (Å²) in [5.74, 6) is -7.04. The van der Waals surface area contributed by atoms with E-state index in [-0.39, 0.29) is 18.7 Å². The smallest absolute Gasteiger partial charge is 0.411 e. The molecule has 3 saturated heterocycles. The molecule has 4 rings (SSSR count). The lowest BCUT2D eigenvalue weighted by Gasteiger charge is -2.53. The molecule has 4 fully saturated rings. The van der Waals surface area contributed by atoms with E-state index in [4.69, 9.17) is 10.5 Å². The van der Waals surface area contributed by atoms with Crippen molar-refractivity contribution in [3.8, 4) is 0 Å². The second-order valence-electron chi connectivity index (χ2n) is 9.96. The number of alkyl halides is 2. The number of hydrogen-bond acceptors (Lipinski definition) is 5. The molecule has 0 unspecified atom stereocenters. The third kappa shape index (κ3) is 5.12. The van der Waals surface area contributed by atoms with Crippen molar-refractivity contribution in [2.45, 2.75) is 88.9 Å². The largest absolute Gasteiger partial charge is 0.444 e. The van der Waals surface area contributed by atoms with Gasteiger partial charge in [-0.05, 0) is 52.9 Å². The van der Waals surface area contributed by atoms with E-state index in [9.17, 15) is 28.0 Å². The molecule has 0 spiro atoms. The van der Waals surface area contributed by atoms with Gasteiger partial charge in [0.1, 0.15) is 17.7 Å². The highest BCUT2D eigenvalue weighted by Gasteiger charge is 2.61. The van der Waals surface area contributed by atoms with Gasteiger partial charge in [0.05, 0.1) is 5.92 Å². The van der Waals surface area contributed by atoms with Crippen LogP contribution in [0, 0.1) is 11.8 Å². The van der Waals surface area contributed by atoms with Gasteiger partial charge in [-0.15, -0.1) is 0 Å². The second kappa shape index (κ2) is 8.82. The number of amides is 4. The first-order valence-corrected chi connectivity index (χ1v) is 11.1. The Morgan fingerprint density at radius 3 is 2.53 bits per heavy atom. The minimum atomic E-state index is -3.13. The summed E-state index contributed by atoms with van der Waals surface area (Å²) in [7, 11) is 0. The number of rotatable bonds is 5. The maximum Gasteiger partial charge on any atom is 0.411 e. The van der Waals surface area contributed by atoms with E-state index in [0.717, 1.165) is 11.3 Å². The number of fused-ring (bicyclic) bond motifs is 3. The van der Waals surface area contributed by atoms with Gasteiger partial charge < -0.3 is 21.1 Å². The molecule has 0 aromatic rings. The lowest BCUT2D eigenvalue weighted by atomic mass is 9.71. The fraction of sp³-hybridized carbons (Fsp3) is 0.810. The topological polar surface area (TPSA) is 131 Å². The van der Waals surface area contributed by atoms with E-state index in [2.05, 4.69) is 10.6 Å². The average Bonchev–Trinajstić information content (AvgIpc) is 2.66. The Hall–Kier alpha value is -2.46. The van der Waals surface area contributed by atoms with Crippen LogP contribution in [0.5, 0.6) is 0 Å². The van der Waals surface area contributed by atoms with Crippen molar-refractivity contribution in [1.29, 1.82) is 0 Å². The van der Waals surface area contributed by atoms with E-state index in [1.54, 1.807) is 20.8 Å². The van der Waals surface area contributed by atoms with Crippen molar-refractivity contribution in [2.24, 2.45) is 17.6 Å². The normalized spacial score (nSPS) is 30.3. The van der Waals surface area contributed by atoms with E-state index in [0.29, 0.717) is 19.4 Å². The summed E-state index contributed by atoms with van der Waals surface area (Å²) in [5.41, 5.74) is 4.57. The quantitative estimate of drug-likeness (QED) is 0.572. The van der Waals surface area contributed by atoms with Crippen LogP contribution in [0.4, 0.5) is 13.6 Å². The molecule has 4 amide bonds. The summed E-state index contributed by atoms with van der Waals surface area (Å²) in [6.07, 6.45) is 0.248. The van der Waals surface area contributed by atoms with Gasteiger partial charge in [0.2, 0.25) is 17.7 Å². The minimum absolute atomic E-state index is 0.0312. The SMILES string of the molecule is CC(C)(C)OC(=O)N1[C@H]2CC[C@@H]([C@@H]1C(=O)N[C@@H](C[C@@H]1CCCNC1=O)C(N)=O)C(F)(F)C2. The number of carbonyl (C=O) groups excluding carboxylic acids is 4. The highest BCUT2D eigenvalue weighted by atomic mass is 19.3. The highest BCUT2D eigenvalue weighted by molar-refractivity contribution is 5.92. The first kappa shape index (κ1) is 24.2. The van der Waals surface area contributed by atoms with Crippen molar-refractivity contribution in [3.63, 3.8) is 0 Å². The van der Waals surface area contributed by atoms with Crippen LogP contribution >= 0.6 is 0 Å². The van der Waals surface area contributed by atoms with Crippen molar-refractivity contribution in [3.05, 3.63) is 0 Å². The van der Waals surface area contributed by atoms with Crippen molar-refractivity contribution in [1.82, 2.24) is 15.5 Å². The number of primary amides is 1. The Kier molecular flexibility index (Phi) is 6.67. The number of carbonyl (C=O) groups is 4. The molecule has 180 valence electrons. The molecule has 4 N–H and O–H groups in total. The fourth-order valence-corrected chi connectivity index (χ4v) is 4.93. The Labute approximate surface area is 185 Å². The third-order valence-electron chi connectivity index (χ3n) is 6.39. The predicted molar refractivity (Wildman–Crippen MR) is 109 cm³/mol. The van der Waals surface area contributed by atoms with Gasteiger partial charge in [0, 0.05) is 24.9 Å². The molecule has 0 radical (unpaired) electrons. The molecule has 3 aliphatic heterocycles.